The number of anilines is 2. The molecule has 1 aliphatic heterocycles. The van der Waals surface area contributed by atoms with Crippen LogP contribution in [0, 0.1) is 0 Å². The molecular formula is C29H32N4O6. The van der Waals surface area contributed by atoms with Crippen LogP contribution in [0.1, 0.15) is 16.8 Å². The number of carbonyl (C=O) groups is 3. The summed E-state index contributed by atoms with van der Waals surface area (Å²) in [6.07, 6.45) is -0.662. The molecule has 1 fully saturated rings. The van der Waals surface area contributed by atoms with Crippen LogP contribution in [-0.2, 0) is 9.53 Å². The third kappa shape index (κ3) is 8.56. The van der Waals surface area contributed by atoms with Gasteiger partial charge in [-0.1, -0.05) is 42.5 Å². The molecule has 1 aliphatic rings. The molecule has 1 heterocycles. The van der Waals surface area contributed by atoms with E-state index in [2.05, 4.69) is 16.0 Å². The van der Waals surface area contributed by atoms with Crippen molar-refractivity contribution in [1.29, 1.82) is 0 Å². The topological polar surface area (TPSA) is 129 Å². The lowest BCUT2D eigenvalue weighted by Crippen LogP contribution is -2.41. The van der Waals surface area contributed by atoms with Crippen molar-refractivity contribution >= 4 is 29.3 Å². The van der Waals surface area contributed by atoms with Gasteiger partial charge in [-0.05, 0) is 47.9 Å². The molecule has 0 aromatic heterocycles. The van der Waals surface area contributed by atoms with Gasteiger partial charge in [-0.15, -0.1) is 0 Å². The van der Waals surface area contributed by atoms with E-state index in [0.717, 1.165) is 11.1 Å². The lowest BCUT2D eigenvalue weighted by Gasteiger charge is -2.26. The molecule has 4 rings (SSSR count). The minimum absolute atomic E-state index is 0.190. The Hall–Kier alpha value is -4.41. The fourth-order valence-electron chi connectivity index (χ4n) is 4.08. The Labute approximate surface area is 226 Å². The van der Waals surface area contributed by atoms with Gasteiger partial charge in [-0.25, -0.2) is 4.79 Å². The lowest BCUT2D eigenvalue weighted by atomic mass is 10.1. The first-order chi connectivity index (χ1) is 19.0. The summed E-state index contributed by atoms with van der Waals surface area (Å²) in [7, 11) is 0. The number of nitrogens with one attached hydrogen (secondary N) is 3. The van der Waals surface area contributed by atoms with Gasteiger partial charge in [-0.3, -0.25) is 14.5 Å². The largest absolute Gasteiger partial charge is 0.491 e. The zero-order valence-electron chi connectivity index (χ0n) is 21.5. The molecule has 204 valence electrons. The van der Waals surface area contributed by atoms with Gasteiger partial charge in [0.05, 0.1) is 32.1 Å². The SMILES string of the molecule is O=C(O)NCCCOc1ccc(C(=O)Nc2ccc(-c3ccccc3)cc2)cc1NC(=O)CN1CCOCC1. The first kappa shape index (κ1) is 27.6. The van der Waals surface area contributed by atoms with Gasteiger partial charge in [0.2, 0.25) is 5.91 Å². The second kappa shape index (κ2) is 13.9. The van der Waals surface area contributed by atoms with Crippen LogP contribution in [0.25, 0.3) is 11.1 Å². The molecule has 10 heteroatoms. The number of amides is 3. The molecule has 3 amide bonds. The molecule has 0 radical (unpaired) electrons. The van der Waals surface area contributed by atoms with E-state index in [1.165, 1.54) is 0 Å². The maximum atomic E-state index is 13.0. The maximum absolute atomic E-state index is 13.0. The van der Waals surface area contributed by atoms with E-state index in [1.54, 1.807) is 18.2 Å². The van der Waals surface area contributed by atoms with Crippen molar-refractivity contribution in [2.24, 2.45) is 0 Å². The molecule has 0 unspecified atom stereocenters. The fraction of sp³-hybridized carbons (Fsp3) is 0.276. The standard InChI is InChI=1S/C29H32N4O6/c34-27(20-33-14-17-38-18-15-33)32-25-19-23(9-12-26(25)39-16-4-13-30-29(36)37)28(35)31-24-10-7-22(8-11-24)21-5-2-1-3-6-21/h1-3,5-12,19,30H,4,13-18,20H2,(H,31,35)(H,32,34)(H,36,37). The first-order valence-electron chi connectivity index (χ1n) is 12.8. The molecule has 39 heavy (non-hydrogen) atoms. The van der Waals surface area contributed by atoms with Crippen molar-refractivity contribution in [3.05, 3.63) is 78.4 Å². The van der Waals surface area contributed by atoms with Crippen LogP contribution in [0.2, 0.25) is 0 Å². The zero-order valence-corrected chi connectivity index (χ0v) is 21.5. The van der Waals surface area contributed by atoms with Crippen LogP contribution >= 0.6 is 0 Å². The monoisotopic (exact) mass is 532 g/mol. The predicted molar refractivity (Wildman–Crippen MR) is 148 cm³/mol. The average molecular weight is 533 g/mol. The number of ether oxygens (including phenoxy) is 2. The number of morpholine rings is 1. The Morgan fingerprint density at radius 3 is 2.33 bits per heavy atom. The molecule has 0 bridgehead atoms. The van der Waals surface area contributed by atoms with Gasteiger partial charge in [-0.2, -0.15) is 0 Å². The van der Waals surface area contributed by atoms with Gasteiger partial charge in [0.25, 0.3) is 5.91 Å². The van der Waals surface area contributed by atoms with E-state index in [1.807, 2.05) is 59.5 Å². The second-order valence-electron chi connectivity index (χ2n) is 8.98. The number of nitrogens with zero attached hydrogens (tertiary/aromatic N) is 1. The number of benzene rings is 3. The molecule has 0 atom stereocenters. The first-order valence-corrected chi connectivity index (χ1v) is 12.8. The lowest BCUT2D eigenvalue weighted by molar-refractivity contribution is -0.118. The summed E-state index contributed by atoms with van der Waals surface area (Å²) in [6.45, 7) is 3.14. The third-order valence-electron chi connectivity index (χ3n) is 6.09. The van der Waals surface area contributed by atoms with Gasteiger partial charge in [0.15, 0.2) is 0 Å². The molecule has 0 saturated carbocycles. The number of rotatable bonds is 11. The van der Waals surface area contributed by atoms with Gasteiger partial charge in [0, 0.05) is 30.9 Å². The maximum Gasteiger partial charge on any atom is 0.404 e. The summed E-state index contributed by atoms with van der Waals surface area (Å²) >= 11 is 0. The minimum atomic E-state index is -1.10. The number of hydrogen-bond donors (Lipinski definition) is 4. The van der Waals surface area contributed by atoms with Crippen molar-refractivity contribution < 1.29 is 29.0 Å². The van der Waals surface area contributed by atoms with Gasteiger partial charge in [0.1, 0.15) is 5.75 Å². The highest BCUT2D eigenvalue weighted by molar-refractivity contribution is 6.06. The van der Waals surface area contributed by atoms with Crippen molar-refractivity contribution in [2.75, 3.05) is 56.6 Å². The highest BCUT2D eigenvalue weighted by Gasteiger charge is 2.17. The second-order valence-corrected chi connectivity index (χ2v) is 8.98. The molecule has 4 N–H and O–H groups in total. The summed E-state index contributed by atoms with van der Waals surface area (Å²) in [5, 5.41) is 16.8. The smallest absolute Gasteiger partial charge is 0.404 e. The Balaban J connectivity index is 1.43. The Morgan fingerprint density at radius 1 is 0.897 bits per heavy atom. The van der Waals surface area contributed by atoms with Crippen molar-refractivity contribution in [3.8, 4) is 16.9 Å². The summed E-state index contributed by atoms with van der Waals surface area (Å²) in [5.41, 5.74) is 3.49. The van der Waals surface area contributed by atoms with Crippen LogP contribution in [0.4, 0.5) is 16.2 Å². The Morgan fingerprint density at radius 2 is 1.62 bits per heavy atom. The average Bonchev–Trinajstić information content (AvgIpc) is 2.94. The molecule has 10 nitrogen and oxygen atoms in total. The van der Waals surface area contributed by atoms with E-state index >= 15 is 0 Å². The molecule has 0 spiro atoms. The van der Waals surface area contributed by atoms with Crippen LogP contribution in [-0.4, -0.2) is 73.9 Å². The minimum Gasteiger partial charge on any atom is -0.491 e. The van der Waals surface area contributed by atoms with Crippen molar-refractivity contribution in [1.82, 2.24) is 10.2 Å². The quantitative estimate of drug-likeness (QED) is 0.276. The van der Waals surface area contributed by atoms with Crippen LogP contribution in [0.5, 0.6) is 5.75 Å². The molecule has 1 saturated heterocycles. The van der Waals surface area contributed by atoms with Crippen LogP contribution < -0.4 is 20.7 Å². The summed E-state index contributed by atoms with van der Waals surface area (Å²) in [5.74, 6) is -0.170. The highest BCUT2D eigenvalue weighted by Crippen LogP contribution is 2.27. The van der Waals surface area contributed by atoms with E-state index in [-0.39, 0.29) is 31.5 Å². The summed E-state index contributed by atoms with van der Waals surface area (Å²) in [6, 6.07) is 22.4. The zero-order chi connectivity index (χ0) is 27.5. The highest BCUT2D eigenvalue weighted by atomic mass is 16.5. The fourth-order valence-corrected chi connectivity index (χ4v) is 4.08. The summed E-state index contributed by atoms with van der Waals surface area (Å²) < 4.78 is 11.1. The molecule has 3 aromatic rings. The van der Waals surface area contributed by atoms with Crippen LogP contribution in [0.3, 0.4) is 0 Å². The predicted octanol–water partition coefficient (Wildman–Crippen LogP) is 3.91. The Bertz CT molecular complexity index is 1260. The van der Waals surface area contributed by atoms with Gasteiger partial charge < -0.3 is 30.5 Å². The Kier molecular flexibility index (Phi) is 9.87. The number of carbonyl (C=O) groups excluding carboxylic acids is 2. The van der Waals surface area contributed by atoms with Gasteiger partial charge >= 0.3 is 6.09 Å². The van der Waals surface area contributed by atoms with E-state index < -0.39 is 6.09 Å². The molecule has 3 aromatic carbocycles. The molecule has 0 aliphatic carbocycles. The van der Waals surface area contributed by atoms with Crippen LogP contribution in [0.15, 0.2) is 72.8 Å². The number of hydrogen-bond acceptors (Lipinski definition) is 6. The third-order valence-corrected chi connectivity index (χ3v) is 6.09. The van der Waals surface area contributed by atoms with E-state index in [4.69, 9.17) is 14.6 Å². The number of carboxylic acid groups (broad SMARTS) is 1. The summed E-state index contributed by atoms with van der Waals surface area (Å²) in [4.78, 5) is 38.5. The van der Waals surface area contributed by atoms with E-state index in [9.17, 15) is 14.4 Å². The van der Waals surface area contributed by atoms with E-state index in [0.29, 0.717) is 55.4 Å². The molecular weight excluding hydrogens is 500 g/mol. The van der Waals surface area contributed by atoms with Crippen molar-refractivity contribution in [2.45, 2.75) is 6.42 Å². The van der Waals surface area contributed by atoms with Crippen molar-refractivity contribution in [3.63, 3.8) is 0 Å². The normalized spacial score (nSPS) is 13.3.